The number of carbonyl (C=O) groups is 1. The van der Waals surface area contributed by atoms with Gasteiger partial charge in [0.25, 0.3) is 0 Å². The van der Waals surface area contributed by atoms with E-state index in [0.717, 1.165) is 10.7 Å². The molecule has 2 aromatic rings. The number of nitrogens with zero attached hydrogens (tertiary/aromatic N) is 1. The topological polar surface area (TPSA) is 83.6 Å². The van der Waals surface area contributed by atoms with E-state index in [0.29, 0.717) is 5.56 Å². The van der Waals surface area contributed by atoms with E-state index < -0.39 is 12.1 Å². The third-order valence-corrected chi connectivity index (χ3v) is 2.80. The number of aliphatic hydroxyl groups excluding tert-OH is 1. The first-order valence-electron chi connectivity index (χ1n) is 4.70. The molecule has 1 aromatic heterocycles. The van der Waals surface area contributed by atoms with Crippen LogP contribution in [0.4, 0.5) is 0 Å². The van der Waals surface area contributed by atoms with E-state index in [9.17, 15) is 9.90 Å². The molecule has 0 unspecified atom stereocenters. The molecule has 2 rings (SSSR count). The van der Waals surface area contributed by atoms with Gasteiger partial charge in [0, 0.05) is 4.47 Å². The number of benzene rings is 1. The number of carboxylic acid groups (broad SMARTS) is 1. The van der Waals surface area contributed by atoms with E-state index in [1.54, 1.807) is 24.3 Å². The van der Waals surface area contributed by atoms with Gasteiger partial charge in [-0.1, -0.05) is 33.2 Å². The molecule has 0 spiro atoms. The zero-order valence-corrected chi connectivity index (χ0v) is 10.1. The van der Waals surface area contributed by atoms with Gasteiger partial charge in [-0.2, -0.15) is 0 Å². The van der Waals surface area contributed by atoms with Crippen molar-refractivity contribution in [2.24, 2.45) is 0 Å². The fourth-order valence-corrected chi connectivity index (χ4v) is 1.67. The van der Waals surface area contributed by atoms with Crippen molar-refractivity contribution in [2.75, 3.05) is 0 Å². The lowest BCUT2D eigenvalue weighted by Crippen LogP contribution is -2.06. The summed E-state index contributed by atoms with van der Waals surface area (Å²) >= 11 is 3.27. The Balaban J connectivity index is 2.36. The molecule has 5 nitrogen and oxygen atoms in total. The molecule has 1 aromatic carbocycles. The fourth-order valence-electron chi connectivity index (χ4n) is 1.41. The van der Waals surface area contributed by atoms with Crippen molar-refractivity contribution >= 4 is 21.9 Å². The molecule has 17 heavy (non-hydrogen) atoms. The van der Waals surface area contributed by atoms with Gasteiger partial charge in [-0.15, -0.1) is 0 Å². The quantitative estimate of drug-likeness (QED) is 0.907. The first-order valence-corrected chi connectivity index (χ1v) is 5.50. The molecule has 0 radical (unpaired) electrons. The van der Waals surface area contributed by atoms with E-state index in [1.807, 2.05) is 0 Å². The molecule has 0 aliphatic heterocycles. The third kappa shape index (κ3) is 2.37. The highest BCUT2D eigenvalue weighted by molar-refractivity contribution is 9.10. The van der Waals surface area contributed by atoms with Crippen LogP contribution in [0.5, 0.6) is 0 Å². The van der Waals surface area contributed by atoms with Crippen molar-refractivity contribution in [3.8, 4) is 0 Å². The molecule has 1 atom stereocenters. The minimum atomic E-state index is -1.18. The van der Waals surface area contributed by atoms with Crippen molar-refractivity contribution < 1.29 is 19.5 Å². The standard InChI is InChI=1S/C11H8BrNO4/c12-7-3-1-6(2-4-7)10(14)9-8(11(15)16)5-17-13-9/h1-5,10,14H,(H,15,16)/t10-/m1/s1. The molecule has 0 saturated heterocycles. The van der Waals surface area contributed by atoms with E-state index in [-0.39, 0.29) is 11.3 Å². The molecule has 0 saturated carbocycles. The van der Waals surface area contributed by atoms with Crippen molar-refractivity contribution in [1.29, 1.82) is 0 Å². The summed E-state index contributed by atoms with van der Waals surface area (Å²) in [5, 5.41) is 22.4. The molecule has 0 amide bonds. The molecule has 88 valence electrons. The molecule has 1 heterocycles. The Morgan fingerprint density at radius 1 is 1.35 bits per heavy atom. The fraction of sp³-hybridized carbons (Fsp3) is 0.0909. The molecule has 6 heteroatoms. The Morgan fingerprint density at radius 3 is 2.59 bits per heavy atom. The maximum Gasteiger partial charge on any atom is 0.341 e. The second-order valence-electron chi connectivity index (χ2n) is 3.37. The zero-order chi connectivity index (χ0) is 12.4. The number of aromatic nitrogens is 1. The van der Waals surface area contributed by atoms with Crippen LogP contribution in [0.3, 0.4) is 0 Å². The lowest BCUT2D eigenvalue weighted by molar-refractivity contribution is 0.0691. The van der Waals surface area contributed by atoms with Gasteiger partial charge in [-0.25, -0.2) is 4.79 Å². The SMILES string of the molecule is O=C(O)c1conc1[C@H](O)c1ccc(Br)cc1. The molecule has 2 N–H and O–H groups in total. The van der Waals surface area contributed by atoms with Gasteiger partial charge in [0.2, 0.25) is 0 Å². The smallest absolute Gasteiger partial charge is 0.341 e. The van der Waals surface area contributed by atoms with Crippen LogP contribution in [0.1, 0.15) is 27.7 Å². The summed E-state index contributed by atoms with van der Waals surface area (Å²) < 4.78 is 5.44. The summed E-state index contributed by atoms with van der Waals surface area (Å²) in [4.78, 5) is 10.9. The van der Waals surface area contributed by atoms with Crippen LogP contribution in [0.15, 0.2) is 39.5 Å². The first kappa shape index (κ1) is 11.8. The predicted molar refractivity (Wildman–Crippen MR) is 61.7 cm³/mol. The highest BCUT2D eigenvalue weighted by atomic mass is 79.9. The number of carboxylic acids is 1. The van der Waals surface area contributed by atoms with E-state index in [1.165, 1.54) is 0 Å². The second-order valence-corrected chi connectivity index (χ2v) is 4.29. The van der Waals surface area contributed by atoms with Gasteiger partial charge in [0.15, 0.2) is 0 Å². The molecule has 0 fully saturated rings. The van der Waals surface area contributed by atoms with Crippen LogP contribution >= 0.6 is 15.9 Å². The Hall–Kier alpha value is -1.66. The van der Waals surface area contributed by atoms with Crippen LogP contribution in [0, 0.1) is 0 Å². The third-order valence-electron chi connectivity index (χ3n) is 2.27. The summed E-state index contributed by atoms with van der Waals surface area (Å²) in [6.07, 6.45) is -0.118. The maximum absolute atomic E-state index is 10.9. The summed E-state index contributed by atoms with van der Waals surface area (Å²) in [5.41, 5.74) is 0.407. The number of halogens is 1. The van der Waals surface area contributed by atoms with Crippen molar-refractivity contribution in [3.63, 3.8) is 0 Å². The molecular formula is C11H8BrNO4. The summed E-state index contributed by atoms with van der Waals surface area (Å²) in [6, 6.07) is 6.85. The van der Waals surface area contributed by atoms with Gasteiger partial charge < -0.3 is 14.7 Å². The minimum absolute atomic E-state index is 0.000164. The van der Waals surface area contributed by atoms with Crippen LogP contribution < -0.4 is 0 Å². The summed E-state index contributed by atoms with van der Waals surface area (Å²) in [7, 11) is 0. The first-order chi connectivity index (χ1) is 8.09. The number of rotatable bonds is 3. The van der Waals surface area contributed by atoms with Gasteiger partial charge in [-0.05, 0) is 17.7 Å². The van der Waals surface area contributed by atoms with Crippen LogP contribution in [-0.2, 0) is 0 Å². The van der Waals surface area contributed by atoms with Gasteiger partial charge >= 0.3 is 5.97 Å². The molecule has 0 bridgehead atoms. The summed E-state index contributed by atoms with van der Waals surface area (Å²) in [5.74, 6) is -1.18. The molecule has 0 aliphatic carbocycles. The largest absolute Gasteiger partial charge is 0.478 e. The Kier molecular flexibility index (Phi) is 3.26. The highest BCUT2D eigenvalue weighted by Gasteiger charge is 2.22. The van der Waals surface area contributed by atoms with Crippen molar-refractivity contribution in [1.82, 2.24) is 5.16 Å². The van der Waals surface area contributed by atoms with E-state index in [4.69, 9.17) is 5.11 Å². The number of aliphatic hydroxyl groups is 1. The van der Waals surface area contributed by atoms with Crippen molar-refractivity contribution in [2.45, 2.75) is 6.10 Å². The van der Waals surface area contributed by atoms with E-state index >= 15 is 0 Å². The Morgan fingerprint density at radius 2 is 2.00 bits per heavy atom. The second kappa shape index (κ2) is 4.68. The van der Waals surface area contributed by atoms with Crippen LogP contribution in [0.2, 0.25) is 0 Å². The number of hydrogen-bond donors (Lipinski definition) is 2. The lowest BCUT2D eigenvalue weighted by Gasteiger charge is -2.08. The molecule has 0 aliphatic rings. The van der Waals surface area contributed by atoms with Crippen LogP contribution in [0.25, 0.3) is 0 Å². The lowest BCUT2D eigenvalue weighted by atomic mass is 10.0. The monoisotopic (exact) mass is 297 g/mol. The normalized spacial score (nSPS) is 12.4. The average molecular weight is 298 g/mol. The zero-order valence-electron chi connectivity index (χ0n) is 8.50. The maximum atomic E-state index is 10.9. The van der Waals surface area contributed by atoms with Gasteiger partial charge in [0.05, 0.1) is 0 Å². The van der Waals surface area contributed by atoms with Gasteiger partial charge in [0.1, 0.15) is 23.6 Å². The summed E-state index contributed by atoms with van der Waals surface area (Å²) in [6.45, 7) is 0. The van der Waals surface area contributed by atoms with Gasteiger partial charge in [-0.3, -0.25) is 0 Å². The Bertz CT molecular complexity index is 535. The highest BCUT2D eigenvalue weighted by Crippen LogP contribution is 2.25. The number of aromatic carboxylic acids is 1. The predicted octanol–water partition coefficient (Wildman–Crippen LogP) is 2.22. The Labute approximate surface area is 105 Å². The van der Waals surface area contributed by atoms with Crippen molar-refractivity contribution in [3.05, 3.63) is 51.8 Å². The van der Waals surface area contributed by atoms with Crippen LogP contribution in [-0.4, -0.2) is 21.3 Å². The minimum Gasteiger partial charge on any atom is -0.478 e. The van der Waals surface area contributed by atoms with E-state index in [2.05, 4.69) is 25.6 Å². The average Bonchev–Trinajstić information content (AvgIpc) is 2.78. The number of hydrogen-bond acceptors (Lipinski definition) is 4. The molecular weight excluding hydrogens is 290 g/mol.